The summed E-state index contributed by atoms with van der Waals surface area (Å²) in [6.45, 7) is 1.88. The number of aromatic nitrogens is 3. The van der Waals surface area contributed by atoms with Crippen molar-refractivity contribution in [3.8, 4) is 0 Å². The molecule has 2 aromatic rings. The van der Waals surface area contributed by atoms with E-state index < -0.39 is 0 Å². The molecule has 0 aliphatic rings. The third kappa shape index (κ3) is 0.932. The molecule has 0 amide bonds. The molecule has 0 saturated heterocycles. The monoisotopic (exact) mass is 166 g/mol. The number of aryl methyl sites for hydroxylation is 1. The number of nitrogens with zero attached hydrogens (tertiary/aromatic N) is 3. The summed E-state index contributed by atoms with van der Waals surface area (Å²) in [7, 11) is 0. The third-order valence-electron chi connectivity index (χ3n) is 1.39. The summed E-state index contributed by atoms with van der Waals surface area (Å²) in [4.78, 5) is 13.0. The number of nitrogens with two attached hydrogens (primary N) is 1. The largest absolute Gasteiger partial charge is 0.368 e. The number of anilines is 1. The van der Waals surface area contributed by atoms with Crippen molar-refractivity contribution in [1.29, 1.82) is 0 Å². The molecule has 0 saturated carbocycles. The van der Waals surface area contributed by atoms with Gasteiger partial charge in [-0.15, -0.1) is 11.3 Å². The third-order valence-corrected chi connectivity index (χ3v) is 2.11. The van der Waals surface area contributed by atoms with E-state index in [0.29, 0.717) is 5.95 Å². The van der Waals surface area contributed by atoms with Gasteiger partial charge in [0.05, 0.1) is 11.2 Å². The van der Waals surface area contributed by atoms with E-state index in [9.17, 15) is 0 Å². The van der Waals surface area contributed by atoms with Crippen LogP contribution in [0, 0.1) is 6.92 Å². The molecular formula is C6H6N4S. The lowest BCUT2D eigenvalue weighted by atomic mass is 10.4. The van der Waals surface area contributed by atoms with Crippen molar-refractivity contribution in [2.45, 2.75) is 6.92 Å². The van der Waals surface area contributed by atoms with Gasteiger partial charge in [-0.3, -0.25) is 0 Å². The molecular weight excluding hydrogens is 160 g/mol. The fourth-order valence-electron chi connectivity index (χ4n) is 0.921. The molecule has 2 N–H and O–H groups in total. The van der Waals surface area contributed by atoms with Crippen LogP contribution in [0.25, 0.3) is 10.3 Å². The Balaban J connectivity index is 2.91. The summed E-state index contributed by atoms with van der Waals surface area (Å²) in [5, 5.41) is 0. The lowest BCUT2D eigenvalue weighted by molar-refractivity contribution is 1.16. The van der Waals surface area contributed by atoms with Gasteiger partial charge in [-0.05, 0) is 6.92 Å². The van der Waals surface area contributed by atoms with E-state index >= 15 is 0 Å². The summed E-state index contributed by atoms with van der Waals surface area (Å²) in [6.07, 6.45) is 0. The summed E-state index contributed by atoms with van der Waals surface area (Å²) in [5.41, 5.74) is 8.87. The van der Waals surface area contributed by atoms with Crippen LogP contribution < -0.4 is 5.73 Å². The molecule has 2 rings (SSSR count). The first-order chi connectivity index (χ1) is 5.27. The summed E-state index contributed by atoms with van der Waals surface area (Å²) in [6, 6.07) is 0. The number of hydrogen-bond acceptors (Lipinski definition) is 5. The molecule has 56 valence electrons. The van der Waals surface area contributed by atoms with Crippen molar-refractivity contribution < 1.29 is 0 Å². The molecule has 4 nitrogen and oxygen atoms in total. The summed E-state index contributed by atoms with van der Waals surface area (Å²) < 4.78 is 0. The van der Waals surface area contributed by atoms with Crippen LogP contribution in [-0.4, -0.2) is 15.0 Å². The van der Waals surface area contributed by atoms with Crippen LogP contribution in [0.1, 0.15) is 5.69 Å². The van der Waals surface area contributed by atoms with Gasteiger partial charge in [0.1, 0.15) is 10.3 Å². The van der Waals surface area contributed by atoms with E-state index in [1.54, 1.807) is 5.51 Å². The second-order valence-electron chi connectivity index (χ2n) is 2.17. The van der Waals surface area contributed by atoms with E-state index in [0.717, 1.165) is 16.0 Å². The Morgan fingerprint density at radius 3 is 3.09 bits per heavy atom. The predicted octanol–water partition coefficient (Wildman–Crippen LogP) is 0.977. The SMILES string of the molecule is Cc1nc(N)nc2scnc12. The van der Waals surface area contributed by atoms with E-state index in [-0.39, 0.29) is 0 Å². The van der Waals surface area contributed by atoms with Crippen molar-refractivity contribution in [2.75, 3.05) is 5.73 Å². The van der Waals surface area contributed by atoms with Crippen LogP contribution in [0.4, 0.5) is 5.95 Å². The quantitative estimate of drug-likeness (QED) is 0.633. The second-order valence-corrected chi connectivity index (χ2v) is 3.01. The molecule has 0 unspecified atom stereocenters. The van der Waals surface area contributed by atoms with Crippen molar-refractivity contribution in [1.82, 2.24) is 15.0 Å². The molecule has 0 aromatic carbocycles. The highest BCUT2D eigenvalue weighted by Gasteiger charge is 2.03. The van der Waals surface area contributed by atoms with Gasteiger partial charge < -0.3 is 5.73 Å². The van der Waals surface area contributed by atoms with Crippen molar-refractivity contribution in [2.24, 2.45) is 0 Å². The van der Waals surface area contributed by atoms with E-state index in [1.165, 1.54) is 11.3 Å². The Morgan fingerprint density at radius 2 is 2.27 bits per heavy atom. The number of hydrogen-bond donors (Lipinski definition) is 1. The Bertz CT molecular complexity index is 394. The zero-order valence-corrected chi connectivity index (χ0v) is 6.72. The lowest BCUT2D eigenvalue weighted by Crippen LogP contribution is -1.96. The Hall–Kier alpha value is -1.23. The molecule has 0 aliphatic heterocycles. The number of rotatable bonds is 0. The minimum absolute atomic E-state index is 0.319. The maximum Gasteiger partial charge on any atom is 0.221 e. The normalized spacial score (nSPS) is 10.6. The highest BCUT2D eigenvalue weighted by Crippen LogP contribution is 2.17. The van der Waals surface area contributed by atoms with Crippen LogP contribution in [0.3, 0.4) is 0 Å². The van der Waals surface area contributed by atoms with Crippen LogP contribution >= 0.6 is 11.3 Å². The van der Waals surface area contributed by atoms with E-state index in [4.69, 9.17) is 5.73 Å². The molecule has 11 heavy (non-hydrogen) atoms. The molecule has 2 aromatic heterocycles. The highest BCUT2D eigenvalue weighted by molar-refractivity contribution is 7.16. The minimum atomic E-state index is 0.319. The second kappa shape index (κ2) is 2.13. The van der Waals surface area contributed by atoms with Crippen LogP contribution in [0.15, 0.2) is 5.51 Å². The first-order valence-electron chi connectivity index (χ1n) is 3.10. The highest BCUT2D eigenvalue weighted by atomic mass is 32.1. The summed E-state index contributed by atoms with van der Waals surface area (Å²) >= 11 is 1.47. The average molecular weight is 166 g/mol. The zero-order valence-electron chi connectivity index (χ0n) is 5.90. The van der Waals surface area contributed by atoms with Gasteiger partial charge in [-0.1, -0.05) is 0 Å². The van der Waals surface area contributed by atoms with Gasteiger partial charge >= 0.3 is 0 Å². The number of thiazole rings is 1. The molecule has 0 spiro atoms. The van der Waals surface area contributed by atoms with E-state index in [2.05, 4.69) is 15.0 Å². The topological polar surface area (TPSA) is 64.7 Å². The molecule has 0 bridgehead atoms. The fraction of sp³-hybridized carbons (Fsp3) is 0.167. The molecule has 2 heterocycles. The first-order valence-corrected chi connectivity index (χ1v) is 3.98. The first kappa shape index (κ1) is 6.48. The Kier molecular flexibility index (Phi) is 1.25. The van der Waals surface area contributed by atoms with Crippen molar-refractivity contribution in [3.05, 3.63) is 11.2 Å². The van der Waals surface area contributed by atoms with E-state index in [1.807, 2.05) is 6.92 Å². The minimum Gasteiger partial charge on any atom is -0.368 e. The van der Waals surface area contributed by atoms with Crippen molar-refractivity contribution >= 4 is 27.6 Å². The van der Waals surface area contributed by atoms with Crippen molar-refractivity contribution in [3.63, 3.8) is 0 Å². The van der Waals surface area contributed by atoms with Gasteiger partial charge in [0.15, 0.2) is 0 Å². The molecule has 0 fully saturated rings. The van der Waals surface area contributed by atoms with Crippen LogP contribution in [0.2, 0.25) is 0 Å². The van der Waals surface area contributed by atoms with Crippen LogP contribution in [-0.2, 0) is 0 Å². The molecule has 0 atom stereocenters. The molecule has 5 heteroatoms. The predicted molar refractivity (Wildman–Crippen MR) is 44.4 cm³/mol. The maximum absolute atomic E-state index is 5.44. The zero-order chi connectivity index (χ0) is 7.84. The van der Waals surface area contributed by atoms with Gasteiger partial charge in [0, 0.05) is 0 Å². The summed E-state index contributed by atoms with van der Waals surface area (Å²) in [5.74, 6) is 0.319. The molecule has 0 radical (unpaired) electrons. The fourth-order valence-corrected chi connectivity index (χ4v) is 1.64. The average Bonchev–Trinajstić information content (AvgIpc) is 2.34. The number of fused-ring (bicyclic) bond motifs is 1. The smallest absolute Gasteiger partial charge is 0.221 e. The van der Waals surface area contributed by atoms with Crippen LogP contribution in [0.5, 0.6) is 0 Å². The standard InChI is InChI=1S/C6H6N4S/c1-3-4-5(11-2-8-4)10-6(7)9-3/h2H,1H3,(H2,7,9,10). The van der Waals surface area contributed by atoms with Gasteiger partial charge in [0.25, 0.3) is 0 Å². The lowest BCUT2D eigenvalue weighted by Gasteiger charge is -1.93. The maximum atomic E-state index is 5.44. The number of nitrogen functional groups attached to an aromatic ring is 1. The molecule has 0 aliphatic carbocycles. The van der Waals surface area contributed by atoms with Gasteiger partial charge in [-0.2, -0.15) is 0 Å². The van der Waals surface area contributed by atoms with Gasteiger partial charge in [-0.25, -0.2) is 15.0 Å². The Labute approximate surface area is 67.1 Å². The van der Waals surface area contributed by atoms with Gasteiger partial charge in [0.2, 0.25) is 5.95 Å². The Morgan fingerprint density at radius 1 is 1.45 bits per heavy atom.